The topological polar surface area (TPSA) is 63.6 Å². The Labute approximate surface area is 155 Å². The zero-order valence-electron chi connectivity index (χ0n) is 15.7. The molecule has 4 aliphatic rings. The van der Waals surface area contributed by atoms with Crippen LogP contribution in [-0.4, -0.2) is 28.6 Å². The Morgan fingerprint density at radius 1 is 1.31 bits per heavy atom. The number of aliphatic hydroxyl groups excluding tert-OH is 1. The Bertz CT molecular complexity index is 716. The normalized spacial score (nSPS) is 47.1. The van der Waals surface area contributed by atoms with Crippen molar-refractivity contribution in [1.82, 2.24) is 0 Å². The summed E-state index contributed by atoms with van der Waals surface area (Å²) in [6.07, 6.45) is 12.8. The summed E-state index contributed by atoms with van der Waals surface area (Å²) in [4.78, 5) is 23.6. The molecule has 0 aliphatic heterocycles. The van der Waals surface area contributed by atoms with Crippen molar-refractivity contribution in [1.29, 1.82) is 0 Å². The summed E-state index contributed by atoms with van der Waals surface area (Å²) < 4.78 is 5.75. The summed E-state index contributed by atoms with van der Waals surface area (Å²) in [5, 5.41) is 10.8. The second-order valence-electron chi connectivity index (χ2n) is 9.00. The second kappa shape index (κ2) is 5.96. The third-order valence-electron chi connectivity index (χ3n) is 8.02. The SMILES string of the molecule is C#CC1(OC(C)=O)CC[C@@H]2[C@@H]3C[C@@H](O)C4=CC(=O)CC[C@@H]4[C@@H]3CC[C@@]21C. The van der Waals surface area contributed by atoms with Crippen LogP contribution in [0.1, 0.15) is 58.8 Å². The number of hydrogen-bond acceptors (Lipinski definition) is 4. The first-order valence-electron chi connectivity index (χ1n) is 9.91. The van der Waals surface area contributed by atoms with Gasteiger partial charge in [-0.1, -0.05) is 12.8 Å². The van der Waals surface area contributed by atoms with Gasteiger partial charge in [-0.3, -0.25) is 9.59 Å². The number of carbonyl (C=O) groups is 2. The fourth-order valence-corrected chi connectivity index (χ4v) is 6.86. The summed E-state index contributed by atoms with van der Waals surface area (Å²) in [5.74, 6) is 4.25. The Morgan fingerprint density at radius 3 is 2.77 bits per heavy atom. The molecule has 3 fully saturated rings. The van der Waals surface area contributed by atoms with Crippen LogP contribution in [0.25, 0.3) is 0 Å². The van der Waals surface area contributed by atoms with Gasteiger partial charge in [0.25, 0.3) is 0 Å². The molecule has 0 radical (unpaired) electrons. The van der Waals surface area contributed by atoms with Crippen LogP contribution < -0.4 is 0 Å². The average molecular weight is 356 g/mol. The maximum Gasteiger partial charge on any atom is 0.304 e. The smallest absolute Gasteiger partial charge is 0.304 e. The van der Waals surface area contributed by atoms with Gasteiger partial charge in [0.1, 0.15) is 0 Å². The largest absolute Gasteiger partial charge is 0.445 e. The monoisotopic (exact) mass is 356 g/mol. The van der Waals surface area contributed by atoms with Crippen molar-refractivity contribution in [3.8, 4) is 12.3 Å². The Balaban J connectivity index is 1.68. The van der Waals surface area contributed by atoms with Crippen molar-refractivity contribution in [3.05, 3.63) is 11.6 Å². The quantitative estimate of drug-likeness (QED) is 0.579. The molecule has 1 N–H and O–H groups in total. The molecule has 0 heterocycles. The Kier molecular flexibility index (Phi) is 4.08. The van der Waals surface area contributed by atoms with E-state index in [1.54, 1.807) is 6.08 Å². The molecule has 3 saturated carbocycles. The molecular weight excluding hydrogens is 328 g/mol. The number of ketones is 1. The molecule has 0 bridgehead atoms. The number of terminal acetylenes is 1. The first kappa shape index (κ1) is 17.8. The summed E-state index contributed by atoms with van der Waals surface area (Å²) in [6.45, 7) is 3.62. The highest BCUT2D eigenvalue weighted by molar-refractivity contribution is 5.91. The van der Waals surface area contributed by atoms with Gasteiger partial charge in [-0.15, -0.1) is 6.42 Å². The lowest BCUT2D eigenvalue weighted by atomic mass is 9.50. The second-order valence-corrected chi connectivity index (χ2v) is 9.00. The Hall–Kier alpha value is -1.60. The van der Waals surface area contributed by atoms with E-state index in [1.807, 2.05) is 0 Å². The molecule has 0 amide bonds. The van der Waals surface area contributed by atoms with Gasteiger partial charge in [-0.25, -0.2) is 0 Å². The van der Waals surface area contributed by atoms with E-state index in [0.29, 0.717) is 42.9 Å². The number of ether oxygens (including phenoxy) is 1. The molecular formula is C22H28O4. The molecule has 1 unspecified atom stereocenters. The minimum atomic E-state index is -0.821. The van der Waals surface area contributed by atoms with E-state index in [4.69, 9.17) is 11.2 Å². The number of carbonyl (C=O) groups excluding carboxylic acids is 2. The highest BCUT2D eigenvalue weighted by Gasteiger charge is 2.64. The molecule has 140 valence electrons. The van der Waals surface area contributed by atoms with Crippen LogP contribution in [0.5, 0.6) is 0 Å². The van der Waals surface area contributed by atoms with Crippen LogP contribution in [0, 0.1) is 41.4 Å². The summed E-state index contributed by atoms with van der Waals surface area (Å²) in [5.41, 5.74) is -0.0924. The fourth-order valence-electron chi connectivity index (χ4n) is 6.86. The number of fused-ring (bicyclic) bond motifs is 5. The van der Waals surface area contributed by atoms with E-state index in [1.165, 1.54) is 6.92 Å². The van der Waals surface area contributed by atoms with Crippen molar-refractivity contribution in [3.63, 3.8) is 0 Å². The Morgan fingerprint density at radius 2 is 2.08 bits per heavy atom. The van der Waals surface area contributed by atoms with Crippen LogP contribution in [0.4, 0.5) is 0 Å². The van der Waals surface area contributed by atoms with Gasteiger partial charge in [0.05, 0.1) is 6.10 Å². The van der Waals surface area contributed by atoms with E-state index in [2.05, 4.69) is 12.8 Å². The van der Waals surface area contributed by atoms with Crippen molar-refractivity contribution >= 4 is 11.8 Å². The molecule has 7 atom stereocenters. The van der Waals surface area contributed by atoms with Crippen LogP contribution >= 0.6 is 0 Å². The molecule has 0 spiro atoms. The summed E-state index contributed by atoms with van der Waals surface area (Å²) >= 11 is 0. The molecule has 0 aromatic heterocycles. The van der Waals surface area contributed by atoms with E-state index >= 15 is 0 Å². The molecule has 0 saturated heterocycles. The van der Waals surface area contributed by atoms with Crippen molar-refractivity contribution in [2.24, 2.45) is 29.1 Å². The molecule has 4 rings (SSSR count). The van der Waals surface area contributed by atoms with Gasteiger partial charge < -0.3 is 9.84 Å². The third kappa shape index (κ3) is 2.33. The predicted molar refractivity (Wildman–Crippen MR) is 96.8 cm³/mol. The first-order chi connectivity index (χ1) is 12.3. The van der Waals surface area contributed by atoms with Crippen molar-refractivity contribution in [2.75, 3.05) is 0 Å². The molecule has 4 nitrogen and oxygen atoms in total. The first-order valence-corrected chi connectivity index (χ1v) is 9.91. The van der Waals surface area contributed by atoms with Gasteiger partial charge in [0.2, 0.25) is 0 Å². The number of aliphatic hydroxyl groups is 1. The van der Waals surface area contributed by atoms with Gasteiger partial charge in [-0.05, 0) is 73.8 Å². The van der Waals surface area contributed by atoms with E-state index < -0.39 is 11.7 Å². The van der Waals surface area contributed by atoms with E-state index in [9.17, 15) is 14.7 Å². The van der Waals surface area contributed by atoms with Gasteiger partial charge in [0, 0.05) is 18.8 Å². The van der Waals surface area contributed by atoms with Gasteiger partial charge >= 0.3 is 5.97 Å². The van der Waals surface area contributed by atoms with Crippen LogP contribution in [0.15, 0.2) is 11.6 Å². The highest BCUT2D eigenvalue weighted by Crippen LogP contribution is 2.65. The fraction of sp³-hybridized carbons (Fsp3) is 0.727. The van der Waals surface area contributed by atoms with Crippen LogP contribution in [0.3, 0.4) is 0 Å². The number of rotatable bonds is 1. The lowest BCUT2D eigenvalue weighted by molar-refractivity contribution is -0.168. The predicted octanol–water partition coefficient (Wildman–Crippen LogP) is 3.03. The maximum atomic E-state index is 11.8. The van der Waals surface area contributed by atoms with Crippen molar-refractivity contribution in [2.45, 2.75) is 70.5 Å². The maximum absolute atomic E-state index is 11.8. The standard InChI is InChI=1S/C22H28O4/c1-4-22(26-13(2)23)10-8-19-17-12-20(25)18-11-14(24)5-6-15(18)16(17)7-9-21(19,22)3/h1,11,15-17,19-20,25H,5-10,12H2,2-3H3/t15-,16+,17-,19-,20-,21+,22?/m1/s1. The van der Waals surface area contributed by atoms with Gasteiger partial charge in [-0.2, -0.15) is 0 Å². The summed E-state index contributed by atoms with van der Waals surface area (Å²) in [6, 6.07) is 0. The van der Waals surface area contributed by atoms with Crippen molar-refractivity contribution < 1.29 is 19.4 Å². The van der Waals surface area contributed by atoms with Crippen LogP contribution in [-0.2, 0) is 14.3 Å². The molecule has 4 aliphatic carbocycles. The van der Waals surface area contributed by atoms with E-state index in [-0.39, 0.29) is 17.2 Å². The van der Waals surface area contributed by atoms with Gasteiger partial charge in [0.15, 0.2) is 11.4 Å². The van der Waals surface area contributed by atoms with E-state index in [0.717, 1.165) is 31.3 Å². The number of esters is 1. The molecule has 0 aromatic rings. The number of hydrogen-bond donors (Lipinski definition) is 1. The zero-order valence-corrected chi connectivity index (χ0v) is 15.7. The zero-order chi connectivity index (χ0) is 18.7. The minimum Gasteiger partial charge on any atom is -0.445 e. The minimum absolute atomic E-state index is 0.150. The average Bonchev–Trinajstić information content (AvgIpc) is 2.88. The third-order valence-corrected chi connectivity index (χ3v) is 8.02. The highest BCUT2D eigenvalue weighted by atomic mass is 16.6. The lowest BCUT2D eigenvalue weighted by Crippen LogP contribution is -2.55. The summed E-state index contributed by atoms with van der Waals surface area (Å²) in [7, 11) is 0. The molecule has 0 aromatic carbocycles. The lowest BCUT2D eigenvalue weighted by Gasteiger charge is -2.56. The molecule has 4 heteroatoms. The molecule has 26 heavy (non-hydrogen) atoms. The van der Waals surface area contributed by atoms with Crippen LogP contribution in [0.2, 0.25) is 0 Å².